The van der Waals surface area contributed by atoms with Crippen LogP contribution in [-0.4, -0.2) is 38.7 Å². The first-order chi connectivity index (χ1) is 9.16. The minimum Gasteiger partial charge on any atom is -0.352 e. The van der Waals surface area contributed by atoms with Crippen molar-refractivity contribution in [1.29, 1.82) is 0 Å². The van der Waals surface area contributed by atoms with Crippen LogP contribution in [0.1, 0.15) is 13.8 Å². The molecule has 0 spiro atoms. The van der Waals surface area contributed by atoms with Gasteiger partial charge in [0.15, 0.2) is 0 Å². The fourth-order valence-electron chi connectivity index (χ4n) is 1.57. The number of amides is 1. The summed E-state index contributed by atoms with van der Waals surface area (Å²) in [5.41, 5.74) is 0.833. The van der Waals surface area contributed by atoms with Gasteiger partial charge in [-0.05, 0) is 36.4 Å². The topological polar surface area (TPSA) is 84.7 Å². The van der Waals surface area contributed by atoms with E-state index < -0.39 is 0 Å². The Morgan fingerprint density at radius 2 is 2.05 bits per heavy atom. The summed E-state index contributed by atoms with van der Waals surface area (Å²) in [4.78, 5) is 11.5. The number of hydrogen-bond acceptors (Lipinski definition) is 5. The molecule has 1 amide bonds. The van der Waals surface area contributed by atoms with Crippen LogP contribution in [0.4, 0.5) is 5.95 Å². The predicted octanol–water partition coefficient (Wildman–Crippen LogP) is 0.599. The zero-order valence-electron chi connectivity index (χ0n) is 10.9. The van der Waals surface area contributed by atoms with E-state index in [9.17, 15) is 4.79 Å². The molecule has 0 unspecified atom stereocenters. The maximum atomic E-state index is 11.5. The van der Waals surface area contributed by atoms with Crippen LogP contribution < -0.4 is 10.6 Å². The molecule has 19 heavy (non-hydrogen) atoms. The monoisotopic (exact) mass is 260 g/mol. The third-order valence-corrected chi connectivity index (χ3v) is 2.33. The van der Waals surface area contributed by atoms with Gasteiger partial charge in [-0.2, -0.15) is 4.68 Å². The zero-order valence-corrected chi connectivity index (χ0v) is 10.9. The van der Waals surface area contributed by atoms with Gasteiger partial charge in [0.1, 0.15) is 0 Å². The molecule has 1 aromatic heterocycles. The SMILES string of the molecule is CC(C)NC(=O)CNc1nnnn1-c1ccccc1. The Kier molecular flexibility index (Phi) is 4.07. The molecule has 1 heterocycles. The number of aromatic nitrogens is 4. The van der Waals surface area contributed by atoms with Crippen molar-refractivity contribution in [3.63, 3.8) is 0 Å². The van der Waals surface area contributed by atoms with Gasteiger partial charge in [-0.25, -0.2) is 0 Å². The van der Waals surface area contributed by atoms with Crippen molar-refractivity contribution in [2.24, 2.45) is 0 Å². The maximum Gasteiger partial charge on any atom is 0.248 e. The lowest BCUT2D eigenvalue weighted by molar-refractivity contribution is -0.119. The lowest BCUT2D eigenvalue weighted by atomic mass is 10.3. The van der Waals surface area contributed by atoms with Crippen molar-refractivity contribution in [3.8, 4) is 5.69 Å². The highest BCUT2D eigenvalue weighted by Crippen LogP contribution is 2.09. The Labute approximate surface area is 111 Å². The zero-order chi connectivity index (χ0) is 13.7. The Balaban J connectivity index is 2.03. The van der Waals surface area contributed by atoms with Gasteiger partial charge in [0.25, 0.3) is 0 Å². The molecule has 0 saturated carbocycles. The fourth-order valence-corrected chi connectivity index (χ4v) is 1.57. The highest BCUT2D eigenvalue weighted by atomic mass is 16.2. The Morgan fingerprint density at radius 1 is 1.32 bits per heavy atom. The number of carbonyl (C=O) groups is 1. The van der Waals surface area contributed by atoms with Gasteiger partial charge in [-0.15, -0.1) is 0 Å². The van der Waals surface area contributed by atoms with E-state index in [1.54, 1.807) is 4.68 Å². The smallest absolute Gasteiger partial charge is 0.248 e. The lowest BCUT2D eigenvalue weighted by Gasteiger charge is -2.09. The van der Waals surface area contributed by atoms with E-state index in [1.807, 2.05) is 44.2 Å². The average molecular weight is 260 g/mol. The van der Waals surface area contributed by atoms with E-state index in [1.165, 1.54) is 0 Å². The largest absolute Gasteiger partial charge is 0.352 e. The number of carbonyl (C=O) groups excluding carboxylic acids is 1. The van der Waals surface area contributed by atoms with E-state index in [4.69, 9.17) is 0 Å². The minimum atomic E-state index is -0.0994. The number of tetrazole rings is 1. The summed E-state index contributed by atoms with van der Waals surface area (Å²) in [6.07, 6.45) is 0. The van der Waals surface area contributed by atoms with Crippen LogP contribution in [0.25, 0.3) is 5.69 Å². The molecule has 7 nitrogen and oxygen atoms in total. The molecule has 0 saturated heterocycles. The highest BCUT2D eigenvalue weighted by molar-refractivity contribution is 5.80. The molecule has 0 aliphatic carbocycles. The van der Waals surface area contributed by atoms with Gasteiger partial charge >= 0.3 is 0 Å². The van der Waals surface area contributed by atoms with Crippen molar-refractivity contribution >= 4 is 11.9 Å². The lowest BCUT2D eigenvalue weighted by Crippen LogP contribution is -2.35. The van der Waals surface area contributed by atoms with Crippen molar-refractivity contribution < 1.29 is 4.79 Å². The second kappa shape index (κ2) is 5.94. The Bertz CT molecular complexity index is 536. The highest BCUT2D eigenvalue weighted by Gasteiger charge is 2.09. The molecule has 0 radical (unpaired) electrons. The first-order valence-corrected chi connectivity index (χ1v) is 6.04. The van der Waals surface area contributed by atoms with Crippen LogP contribution >= 0.6 is 0 Å². The molecular weight excluding hydrogens is 244 g/mol. The van der Waals surface area contributed by atoms with Gasteiger partial charge in [-0.1, -0.05) is 23.3 Å². The molecule has 1 aromatic carbocycles. The third-order valence-electron chi connectivity index (χ3n) is 2.33. The summed E-state index contributed by atoms with van der Waals surface area (Å²) >= 11 is 0. The molecular formula is C12H16N6O. The molecule has 100 valence electrons. The van der Waals surface area contributed by atoms with Crippen LogP contribution in [0.15, 0.2) is 30.3 Å². The molecule has 2 N–H and O–H groups in total. The Hall–Kier alpha value is -2.44. The summed E-state index contributed by atoms with van der Waals surface area (Å²) in [5, 5.41) is 17.0. The van der Waals surface area contributed by atoms with Crippen LogP contribution in [0.5, 0.6) is 0 Å². The third kappa shape index (κ3) is 3.51. The molecule has 2 rings (SSSR count). The first-order valence-electron chi connectivity index (χ1n) is 6.04. The maximum absolute atomic E-state index is 11.5. The molecule has 7 heteroatoms. The van der Waals surface area contributed by atoms with Crippen LogP contribution in [-0.2, 0) is 4.79 Å². The van der Waals surface area contributed by atoms with Crippen molar-refractivity contribution in [2.75, 3.05) is 11.9 Å². The van der Waals surface area contributed by atoms with E-state index in [-0.39, 0.29) is 18.5 Å². The van der Waals surface area contributed by atoms with Crippen molar-refractivity contribution in [2.45, 2.75) is 19.9 Å². The van der Waals surface area contributed by atoms with Gasteiger partial charge < -0.3 is 10.6 Å². The first kappa shape index (κ1) is 13.0. The average Bonchev–Trinajstić information content (AvgIpc) is 2.85. The minimum absolute atomic E-state index is 0.0994. The summed E-state index contributed by atoms with van der Waals surface area (Å²) in [5.74, 6) is 0.336. The van der Waals surface area contributed by atoms with E-state index in [0.717, 1.165) is 5.69 Å². The number of nitrogens with zero attached hydrogens (tertiary/aromatic N) is 4. The second-order valence-electron chi connectivity index (χ2n) is 4.33. The van der Waals surface area contributed by atoms with E-state index in [2.05, 4.69) is 26.2 Å². The molecule has 0 aliphatic heterocycles. The van der Waals surface area contributed by atoms with Gasteiger partial charge in [0.2, 0.25) is 11.9 Å². The number of anilines is 1. The molecule has 0 fully saturated rings. The van der Waals surface area contributed by atoms with Gasteiger partial charge in [0.05, 0.1) is 12.2 Å². The summed E-state index contributed by atoms with van der Waals surface area (Å²) in [6.45, 7) is 3.95. The Morgan fingerprint density at radius 3 is 2.74 bits per heavy atom. The van der Waals surface area contributed by atoms with Crippen LogP contribution in [0.2, 0.25) is 0 Å². The van der Waals surface area contributed by atoms with Crippen LogP contribution in [0.3, 0.4) is 0 Å². The molecule has 0 atom stereocenters. The number of rotatable bonds is 5. The number of nitrogens with one attached hydrogen (secondary N) is 2. The molecule has 0 aliphatic rings. The van der Waals surface area contributed by atoms with E-state index in [0.29, 0.717) is 5.95 Å². The quantitative estimate of drug-likeness (QED) is 0.822. The molecule has 0 bridgehead atoms. The van der Waals surface area contributed by atoms with Gasteiger partial charge in [-0.3, -0.25) is 4.79 Å². The van der Waals surface area contributed by atoms with Crippen molar-refractivity contribution in [1.82, 2.24) is 25.5 Å². The normalized spacial score (nSPS) is 10.5. The van der Waals surface area contributed by atoms with Crippen molar-refractivity contribution in [3.05, 3.63) is 30.3 Å². The summed E-state index contributed by atoms with van der Waals surface area (Å²) in [7, 11) is 0. The molecule has 2 aromatic rings. The second-order valence-corrected chi connectivity index (χ2v) is 4.33. The summed E-state index contributed by atoms with van der Waals surface area (Å²) < 4.78 is 1.54. The number of para-hydroxylation sites is 1. The fraction of sp³-hybridized carbons (Fsp3) is 0.333. The van der Waals surface area contributed by atoms with Crippen LogP contribution in [0, 0.1) is 0 Å². The number of hydrogen-bond donors (Lipinski definition) is 2. The van der Waals surface area contributed by atoms with E-state index >= 15 is 0 Å². The summed E-state index contributed by atoms with van der Waals surface area (Å²) in [6, 6.07) is 9.58. The predicted molar refractivity (Wildman–Crippen MR) is 70.9 cm³/mol. The standard InChI is InChI=1S/C12H16N6O/c1-9(2)14-11(19)8-13-12-15-16-17-18(12)10-6-4-3-5-7-10/h3-7,9H,8H2,1-2H3,(H,14,19)(H,13,15,17). The number of benzene rings is 1. The van der Waals surface area contributed by atoms with Gasteiger partial charge in [0, 0.05) is 6.04 Å².